The molecule has 0 aromatic heterocycles. The molecule has 16 heavy (non-hydrogen) atoms. The number of rotatable bonds is 4. The molecule has 0 aliphatic carbocycles. The van der Waals surface area contributed by atoms with E-state index in [2.05, 4.69) is 10.1 Å². The van der Waals surface area contributed by atoms with Crippen LogP contribution in [0.4, 0.5) is 19.3 Å². The Hall–Kier alpha value is -1.36. The smallest absolute Gasteiger partial charge is 0.411 e. The topological polar surface area (TPSA) is 38.3 Å². The third-order valence-electron chi connectivity index (χ3n) is 1.68. The summed E-state index contributed by atoms with van der Waals surface area (Å²) < 4.78 is 29.5. The van der Waals surface area contributed by atoms with Crippen molar-refractivity contribution in [2.75, 3.05) is 18.6 Å². The van der Waals surface area contributed by atoms with Crippen molar-refractivity contribution in [2.24, 2.45) is 0 Å². The second-order valence-corrected chi connectivity index (χ2v) is 3.36. The summed E-state index contributed by atoms with van der Waals surface area (Å²) in [6.07, 6.45) is -0.703. The van der Waals surface area contributed by atoms with Crippen LogP contribution >= 0.6 is 11.6 Å². The zero-order valence-corrected chi connectivity index (χ0v) is 9.06. The van der Waals surface area contributed by atoms with Crippen LogP contribution in [0.2, 0.25) is 5.02 Å². The Labute approximate surface area is 96.4 Å². The molecule has 88 valence electrons. The quantitative estimate of drug-likeness (QED) is 0.831. The van der Waals surface area contributed by atoms with Crippen molar-refractivity contribution in [3.63, 3.8) is 0 Å². The molecular weight excluding hydrogens is 240 g/mol. The van der Waals surface area contributed by atoms with Crippen LogP contribution in [0.5, 0.6) is 0 Å². The van der Waals surface area contributed by atoms with Gasteiger partial charge in [0.25, 0.3) is 0 Å². The molecule has 1 rings (SSSR count). The maximum atomic E-state index is 13.2. The highest BCUT2D eigenvalue weighted by Crippen LogP contribution is 2.18. The molecule has 0 aliphatic heterocycles. The van der Waals surface area contributed by atoms with Gasteiger partial charge in [-0.15, -0.1) is 0 Å². The molecule has 6 heteroatoms. The minimum absolute atomic E-state index is 0.0327. The SMILES string of the molecule is O=C(Nc1ccc(Cl)cc1F)OCCCF. The number of alkyl halides is 1. The third kappa shape index (κ3) is 4.02. The average molecular weight is 250 g/mol. The second-order valence-electron chi connectivity index (χ2n) is 2.93. The first-order chi connectivity index (χ1) is 7.63. The lowest BCUT2D eigenvalue weighted by Gasteiger charge is -2.07. The highest BCUT2D eigenvalue weighted by atomic mass is 35.5. The van der Waals surface area contributed by atoms with Crippen LogP contribution in [-0.2, 0) is 4.74 Å². The molecule has 1 amide bonds. The normalized spacial score (nSPS) is 9.94. The number of hydrogen-bond donors (Lipinski definition) is 1. The zero-order chi connectivity index (χ0) is 12.0. The van der Waals surface area contributed by atoms with Crippen molar-refractivity contribution < 1.29 is 18.3 Å². The lowest BCUT2D eigenvalue weighted by Crippen LogP contribution is -2.15. The van der Waals surface area contributed by atoms with Crippen molar-refractivity contribution in [3.05, 3.63) is 29.0 Å². The van der Waals surface area contributed by atoms with Crippen LogP contribution in [0, 0.1) is 5.82 Å². The first-order valence-electron chi connectivity index (χ1n) is 4.58. The Morgan fingerprint density at radius 1 is 1.50 bits per heavy atom. The molecule has 0 saturated heterocycles. The molecule has 0 saturated carbocycles. The number of amides is 1. The predicted octanol–water partition coefficient (Wildman–Crippen LogP) is 3.39. The van der Waals surface area contributed by atoms with Crippen molar-refractivity contribution >= 4 is 23.4 Å². The molecule has 0 unspecified atom stereocenters. The molecule has 0 atom stereocenters. The van der Waals surface area contributed by atoms with Gasteiger partial charge >= 0.3 is 6.09 Å². The summed E-state index contributed by atoms with van der Waals surface area (Å²) in [6, 6.07) is 3.81. The van der Waals surface area contributed by atoms with Crippen LogP contribution < -0.4 is 5.32 Å². The van der Waals surface area contributed by atoms with E-state index in [1.54, 1.807) is 0 Å². The molecule has 1 N–H and O–H groups in total. The van der Waals surface area contributed by atoms with E-state index < -0.39 is 18.6 Å². The van der Waals surface area contributed by atoms with Crippen LogP contribution in [0.25, 0.3) is 0 Å². The van der Waals surface area contributed by atoms with Gasteiger partial charge in [0.15, 0.2) is 0 Å². The largest absolute Gasteiger partial charge is 0.449 e. The van der Waals surface area contributed by atoms with Gasteiger partial charge in [0.05, 0.1) is 19.0 Å². The number of hydrogen-bond acceptors (Lipinski definition) is 2. The second kappa shape index (κ2) is 6.27. The molecule has 0 heterocycles. The lowest BCUT2D eigenvalue weighted by molar-refractivity contribution is 0.157. The van der Waals surface area contributed by atoms with E-state index in [0.29, 0.717) is 0 Å². The van der Waals surface area contributed by atoms with Gasteiger partial charge in [-0.1, -0.05) is 11.6 Å². The fourth-order valence-electron chi connectivity index (χ4n) is 0.956. The number of carbonyl (C=O) groups is 1. The molecule has 0 fully saturated rings. The summed E-state index contributed by atoms with van der Waals surface area (Å²) in [5.74, 6) is -0.657. The van der Waals surface area contributed by atoms with Gasteiger partial charge in [0.2, 0.25) is 0 Å². The molecular formula is C10H10ClF2NO2. The first-order valence-corrected chi connectivity index (χ1v) is 4.96. The zero-order valence-electron chi connectivity index (χ0n) is 8.30. The monoisotopic (exact) mass is 249 g/mol. The van der Waals surface area contributed by atoms with Gasteiger partial charge in [0.1, 0.15) is 5.82 Å². The maximum Gasteiger partial charge on any atom is 0.411 e. The summed E-state index contributed by atoms with van der Waals surface area (Å²) in [6.45, 7) is -0.611. The number of benzene rings is 1. The van der Waals surface area contributed by atoms with E-state index in [1.165, 1.54) is 12.1 Å². The Morgan fingerprint density at radius 3 is 2.88 bits per heavy atom. The first kappa shape index (κ1) is 12.7. The fraction of sp³-hybridized carbons (Fsp3) is 0.300. The van der Waals surface area contributed by atoms with E-state index in [4.69, 9.17) is 11.6 Å². The van der Waals surface area contributed by atoms with Gasteiger partial charge in [-0.2, -0.15) is 0 Å². The number of nitrogens with one attached hydrogen (secondary N) is 1. The average Bonchev–Trinajstić information content (AvgIpc) is 2.23. The van der Waals surface area contributed by atoms with Gasteiger partial charge in [-0.05, 0) is 18.2 Å². The minimum atomic E-state index is -0.824. The molecule has 0 radical (unpaired) electrons. The number of anilines is 1. The van der Waals surface area contributed by atoms with Crippen molar-refractivity contribution in [1.82, 2.24) is 0 Å². The van der Waals surface area contributed by atoms with Gasteiger partial charge in [-0.3, -0.25) is 9.71 Å². The van der Waals surface area contributed by atoms with E-state index >= 15 is 0 Å². The van der Waals surface area contributed by atoms with Crippen molar-refractivity contribution in [1.29, 1.82) is 0 Å². The van der Waals surface area contributed by atoms with Crippen molar-refractivity contribution in [2.45, 2.75) is 6.42 Å². The molecule has 0 spiro atoms. The summed E-state index contributed by atoms with van der Waals surface area (Å²) in [5, 5.41) is 2.41. The summed E-state index contributed by atoms with van der Waals surface area (Å²) in [4.78, 5) is 11.1. The Morgan fingerprint density at radius 2 is 2.25 bits per heavy atom. The third-order valence-corrected chi connectivity index (χ3v) is 1.91. The van der Waals surface area contributed by atoms with Crippen LogP contribution in [0.1, 0.15) is 6.42 Å². The summed E-state index contributed by atoms with van der Waals surface area (Å²) in [7, 11) is 0. The van der Waals surface area contributed by atoms with Crippen LogP contribution in [-0.4, -0.2) is 19.4 Å². The Bertz CT molecular complexity index is 374. The van der Waals surface area contributed by atoms with E-state index in [-0.39, 0.29) is 23.7 Å². The van der Waals surface area contributed by atoms with Gasteiger partial charge < -0.3 is 4.74 Å². The summed E-state index contributed by atoms with van der Waals surface area (Å²) in [5.41, 5.74) is -0.0327. The van der Waals surface area contributed by atoms with E-state index in [0.717, 1.165) is 6.07 Å². The van der Waals surface area contributed by atoms with Crippen LogP contribution in [0.3, 0.4) is 0 Å². The van der Waals surface area contributed by atoms with Gasteiger partial charge in [-0.25, -0.2) is 9.18 Å². The minimum Gasteiger partial charge on any atom is -0.449 e. The van der Waals surface area contributed by atoms with Crippen molar-refractivity contribution in [3.8, 4) is 0 Å². The molecule has 1 aromatic rings. The number of carbonyl (C=O) groups excluding carboxylic acids is 1. The fourth-order valence-corrected chi connectivity index (χ4v) is 1.12. The Balaban J connectivity index is 2.49. The van der Waals surface area contributed by atoms with Crippen LogP contribution in [0.15, 0.2) is 18.2 Å². The molecule has 3 nitrogen and oxygen atoms in total. The molecule has 1 aromatic carbocycles. The maximum absolute atomic E-state index is 13.2. The number of halogens is 3. The standard InChI is InChI=1S/C10H10ClF2NO2/c11-7-2-3-9(8(13)6-7)14-10(15)16-5-1-4-12/h2-3,6H,1,4-5H2,(H,14,15). The lowest BCUT2D eigenvalue weighted by atomic mass is 10.3. The van der Waals surface area contributed by atoms with Gasteiger partial charge in [0, 0.05) is 11.4 Å². The summed E-state index contributed by atoms with van der Waals surface area (Å²) >= 11 is 5.53. The molecule has 0 bridgehead atoms. The van der Waals surface area contributed by atoms with E-state index in [9.17, 15) is 13.6 Å². The predicted molar refractivity (Wildman–Crippen MR) is 57.0 cm³/mol. The molecule has 0 aliphatic rings. The highest BCUT2D eigenvalue weighted by Gasteiger charge is 2.07. The number of ether oxygens (including phenoxy) is 1. The highest BCUT2D eigenvalue weighted by molar-refractivity contribution is 6.30. The Kier molecular flexibility index (Phi) is 4.98. The van der Waals surface area contributed by atoms with E-state index in [1.807, 2.05) is 0 Å².